The highest BCUT2D eigenvalue weighted by Crippen LogP contribution is 2.64. The Morgan fingerprint density at radius 3 is 2.41 bits per heavy atom. The first kappa shape index (κ1) is 28.1. The molecule has 1 saturated carbocycles. The number of methoxy groups -OCH3 is 1. The van der Waals surface area contributed by atoms with Crippen molar-refractivity contribution in [1.82, 2.24) is 10.3 Å². The number of ether oxygens (including phenoxy) is 1. The SMILES string of the molecule is COc1ccc([C@H]2C3=CC[C@@H]4C(=O)NC(=O)[C@@H]4[C@@H]3C[C@H]3C(=O)N(Nc4ccc(F)cc4)C(=O)[C@@]23c2ccc(Cl)cc2)cc1O. The van der Waals surface area contributed by atoms with Crippen LogP contribution in [0.1, 0.15) is 29.9 Å². The molecular weight excluding hydrogens is 589 g/mol. The quantitative estimate of drug-likeness (QED) is 0.286. The molecule has 9 nitrogen and oxygen atoms in total. The summed E-state index contributed by atoms with van der Waals surface area (Å²) in [5, 5.41) is 14.8. The van der Waals surface area contributed by atoms with Crippen LogP contribution in [0.5, 0.6) is 11.5 Å². The Morgan fingerprint density at radius 1 is 1.00 bits per heavy atom. The number of allylic oxidation sites excluding steroid dienone is 2. The van der Waals surface area contributed by atoms with Crippen molar-refractivity contribution in [3.63, 3.8) is 0 Å². The number of phenols is 1. The number of phenolic OH excluding ortho intramolecular Hbond substituents is 1. The van der Waals surface area contributed by atoms with Crippen molar-refractivity contribution in [2.75, 3.05) is 12.5 Å². The van der Waals surface area contributed by atoms with E-state index in [2.05, 4.69) is 10.7 Å². The zero-order valence-electron chi connectivity index (χ0n) is 23.4. The van der Waals surface area contributed by atoms with Crippen LogP contribution in [0.15, 0.2) is 78.4 Å². The van der Waals surface area contributed by atoms with Crippen LogP contribution in [0.25, 0.3) is 0 Å². The van der Waals surface area contributed by atoms with E-state index in [9.17, 15) is 28.7 Å². The molecule has 0 aromatic heterocycles. The van der Waals surface area contributed by atoms with Gasteiger partial charge in [0.25, 0.3) is 11.8 Å². The highest BCUT2D eigenvalue weighted by atomic mass is 35.5. The number of fused-ring (bicyclic) bond motifs is 4. The minimum Gasteiger partial charge on any atom is -0.504 e. The molecule has 3 aromatic carbocycles. The van der Waals surface area contributed by atoms with Crippen molar-refractivity contribution in [1.29, 1.82) is 0 Å². The van der Waals surface area contributed by atoms with E-state index in [1.54, 1.807) is 36.4 Å². The normalized spacial score (nSPS) is 29.0. The van der Waals surface area contributed by atoms with E-state index < -0.39 is 58.5 Å². The Kier molecular flexibility index (Phi) is 6.51. The summed E-state index contributed by atoms with van der Waals surface area (Å²) in [5.74, 6) is -5.82. The average Bonchev–Trinajstić information content (AvgIpc) is 3.42. The summed E-state index contributed by atoms with van der Waals surface area (Å²) in [6.07, 6.45) is 2.33. The third-order valence-electron chi connectivity index (χ3n) is 9.64. The molecule has 4 aliphatic rings. The largest absolute Gasteiger partial charge is 0.504 e. The van der Waals surface area contributed by atoms with E-state index in [-0.39, 0.29) is 30.2 Å². The number of nitrogens with one attached hydrogen (secondary N) is 2. The Bertz CT molecular complexity index is 1760. The fourth-order valence-corrected chi connectivity index (χ4v) is 7.95. The van der Waals surface area contributed by atoms with Gasteiger partial charge in [0.05, 0.1) is 36.0 Å². The van der Waals surface area contributed by atoms with Gasteiger partial charge in [0, 0.05) is 10.9 Å². The predicted molar refractivity (Wildman–Crippen MR) is 157 cm³/mol. The number of halogens is 2. The zero-order chi connectivity index (χ0) is 30.9. The van der Waals surface area contributed by atoms with Gasteiger partial charge in [0.2, 0.25) is 11.8 Å². The summed E-state index contributed by atoms with van der Waals surface area (Å²) in [5.41, 5.74) is 3.51. The van der Waals surface area contributed by atoms with E-state index in [0.29, 0.717) is 21.8 Å². The van der Waals surface area contributed by atoms with Crippen LogP contribution < -0.4 is 15.5 Å². The first-order valence-corrected chi connectivity index (χ1v) is 14.6. The highest BCUT2D eigenvalue weighted by molar-refractivity contribution is 6.30. The zero-order valence-corrected chi connectivity index (χ0v) is 24.2. The second-order valence-corrected chi connectivity index (χ2v) is 12.1. The second-order valence-electron chi connectivity index (χ2n) is 11.7. The van der Waals surface area contributed by atoms with Crippen molar-refractivity contribution in [3.8, 4) is 11.5 Å². The minimum absolute atomic E-state index is 0.126. The fraction of sp³-hybridized carbons (Fsp3) is 0.273. The summed E-state index contributed by atoms with van der Waals surface area (Å²) in [6.45, 7) is 0. The number of rotatable bonds is 5. The van der Waals surface area contributed by atoms with Gasteiger partial charge in [-0.1, -0.05) is 41.4 Å². The lowest BCUT2D eigenvalue weighted by Gasteiger charge is -2.50. The molecule has 3 fully saturated rings. The van der Waals surface area contributed by atoms with Gasteiger partial charge in [-0.2, -0.15) is 5.01 Å². The van der Waals surface area contributed by atoms with Crippen LogP contribution in [-0.2, 0) is 24.6 Å². The Hall–Kier alpha value is -4.70. The van der Waals surface area contributed by atoms with E-state index >= 15 is 0 Å². The molecule has 7 rings (SSSR count). The van der Waals surface area contributed by atoms with Crippen molar-refractivity contribution >= 4 is 40.9 Å². The summed E-state index contributed by atoms with van der Waals surface area (Å²) >= 11 is 6.27. The van der Waals surface area contributed by atoms with Crippen LogP contribution in [0.2, 0.25) is 5.02 Å². The molecule has 2 aliphatic heterocycles. The Morgan fingerprint density at radius 2 is 1.73 bits per heavy atom. The number of aromatic hydroxyl groups is 1. The molecular formula is C33H27ClFN3O6. The number of hydrogen-bond donors (Lipinski definition) is 3. The molecule has 224 valence electrons. The maximum Gasteiger partial charge on any atom is 0.260 e. The molecule has 0 bridgehead atoms. The predicted octanol–water partition coefficient (Wildman–Crippen LogP) is 4.47. The van der Waals surface area contributed by atoms with Gasteiger partial charge >= 0.3 is 0 Å². The summed E-state index contributed by atoms with van der Waals surface area (Å²) in [4.78, 5) is 55.2. The molecule has 0 radical (unpaired) electrons. The molecule has 44 heavy (non-hydrogen) atoms. The van der Waals surface area contributed by atoms with E-state index in [1.165, 1.54) is 37.4 Å². The molecule has 3 aromatic rings. The molecule has 2 aliphatic carbocycles. The van der Waals surface area contributed by atoms with Gasteiger partial charge < -0.3 is 9.84 Å². The van der Waals surface area contributed by atoms with Crippen molar-refractivity contribution in [3.05, 3.63) is 100 Å². The van der Waals surface area contributed by atoms with Gasteiger partial charge in [-0.15, -0.1) is 0 Å². The number of hydrogen-bond acceptors (Lipinski definition) is 7. The summed E-state index contributed by atoms with van der Waals surface area (Å²) in [7, 11) is 1.42. The van der Waals surface area contributed by atoms with Crippen molar-refractivity contribution < 1.29 is 33.4 Å². The number of carbonyl (C=O) groups excluding carboxylic acids is 4. The highest BCUT2D eigenvalue weighted by Gasteiger charge is 2.70. The molecule has 11 heteroatoms. The molecule has 0 unspecified atom stereocenters. The smallest absolute Gasteiger partial charge is 0.260 e. The molecule has 6 atom stereocenters. The molecule has 3 N–H and O–H groups in total. The third-order valence-corrected chi connectivity index (χ3v) is 9.89. The first-order valence-electron chi connectivity index (χ1n) is 14.2. The average molecular weight is 616 g/mol. The standard InChI is InChI=1S/C33H27ClFN3O6/c1-44-26-13-2-16(14-25(26)39)28-21-11-12-22-27(30(41)36-29(22)40)23(21)15-24-31(42)38(37-20-9-7-19(35)8-10-20)32(43)33(24,28)17-3-5-18(34)6-4-17/h2-11,13-14,22-24,27-28,37,39H,12,15H2,1H3,(H,36,40,41)/t22-,23+,24-,27-,28-,33+/m0/s1. The molecule has 2 heterocycles. The van der Waals surface area contributed by atoms with Gasteiger partial charge in [-0.25, -0.2) is 4.39 Å². The van der Waals surface area contributed by atoms with E-state index in [0.717, 1.165) is 10.6 Å². The minimum atomic E-state index is -1.52. The number of amides is 4. The topological polar surface area (TPSA) is 125 Å². The number of benzene rings is 3. The van der Waals surface area contributed by atoms with Crippen molar-refractivity contribution in [2.24, 2.45) is 23.7 Å². The van der Waals surface area contributed by atoms with Gasteiger partial charge in [-0.05, 0) is 78.4 Å². The second kappa shape index (κ2) is 10.2. The number of hydrazine groups is 1. The van der Waals surface area contributed by atoms with Crippen molar-refractivity contribution in [2.45, 2.75) is 24.2 Å². The first-order chi connectivity index (χ1) is 21.1. The number of carbonyl (C=O) groups is 4. The molecule has 2 saturated heterocycles. The molecule has 0 spiro atoms. The lowest BCUT2D eigenvalue weighted by molar-refractivity contribution is -0.138. The van der Waals surface area contributed by atoms with E-state index in [1.807, 2.05) is 6.08 Å². The number of anilines is 1. The number of nitrogens with zero attached hydrogens (tertiary/aromatic N) is 1. The van der Waals surface area contributed by atoms with Gasteiger partial charge in [0.15, 0.2) is 11.5 Å². The summed E-state index contributed by atoms with van der Waals surface area (Å²) < 4.78 is 19.0. The Balaban J connectivity index is 1.47. The lowest BCUT2D eigenvalue weighted by atomic mass is 9.49. The Labute approximate surface area is 256 Å². The monoisotopic (exact) mass is 615 g/mol. The fourth-order valence-electron chi connectivity index (χ4n) is 7.83. The van der Waals surface area contributed by atoms with Gasteiger partial charge in [-0.3, -0.25) is 29.9 Å². The van der Waals surface area contributed by atoms with Crippen LogP contribution in [-0.4, -0.2) is 40.9 Å². The van der Waals surface area contributed by atoms with Crippen LogP contribution >= 0.6 is 11.6 Å². The van der Waals surface area contributed by atoms with Crippen LogP contribution in [0.4, 0.5) is 10.1 Å². The maximum absolute atomic E-state index is 14.9. The van der Waals surface area contributed by atoms with Crippen LogP contribution in [0, 0.1) is 29.5 Å². The maximum atomic E-state index is 14.9. The van der Waals surface area contributed by atoms with E-state index in [4.69, 9.17) is 16.3 Å². The summed E-state index contributed by atoms with van der Waals surface area (Å²) in [6, 6.07) is 16.9. The third kappa shape index (κ3) is 3.97. The van der Waals surface area contributed by atoms with Crippen LogP contribution in [0.3, 0.4) is 0 Å². The molecule has 4 amide bonds. The number of imide groups is 2. The van der Waals surface area contributed by atoms with Gasteiger partial charge in [0.1, 0.15) is 5.82 Å². The lowest BCUT2D eigenvalue weighted by Crippen LogP contribution is -2.53.